The second-order valence-corrected chi connectivity index (χ2v) is 25.2. The van der Waals surface area contributed by atoms with E-state index in [2.05, 4.69) is 57.4 Å². The van der Waals surface area contributed by atoms with Crippen LogP contribution < -0.4 is 0 Å². The van der Waals surface area contributed by atoms with E-state index >= 15 is 0 Å². The molecule has 0 aromatic rings. The third-order valence-electron chi connectivity index (χ3n) is 12.1. The molecule has 2 saturated heterocycles. The first-order valence-electron chi connectivity index (χ1n) is 27.3. The van der Waals surface area contributed by atoms with Crippen molar-refractivity contribution in [1.29, 1.82) is 0 Å². The number of aliphatic hydroxyl groups is 9. The van der Waals surface area contributed by atoms with Gasteiger partial charge >= 0.3 is 33.0 Å². The fourth-order valence-corrected chi connectivity index (χ4v) is 11.9. The molecule has 15 unspecified atom stereocenters. The van der Waals surface area contributed by atoms with Gasteiger partial charge in [-0.05, 0) is 85.7 Å². The van der Waals surface area contributed by atoms with E-state index in [-0.39, 0.29) is 191 Å². The van der Waals surface area contributed by atoms with Gasteiger partial charge in [0.2, 0.25) is 0 Å². The molecule has 4 radical (unpaired) electrons. The normalized spacial score (nSPS) is 24.2. The summed E-state index contributed by atoms with van der Waals surface area (Å²) >= 11 is 0. The molecule has 2 aliphatic heterocycles. The number of hydrogen-bond acceptors (Lipinski definition) is 28. The van der Waals surface area contributed by atoms with E-state index in [9.17, 15) is 48.9 Å². The predicted octanol–water partition coefficient (Wildman–Crippen LogP) is 4.43. The molecule has 2 rings (SSSR count). The van der Waals surface area contributed by atoms with E-state index in [1.54, 1.807) is 13.8 Å². The molecule has 0 aromatic heterocycles. The molecule has 15 atom stereocenters. The van der Waals surface area contributed by atoms with Gasteiger partial charge < -0.3 is 110 Å². The van der Waals surface area contributed by atoms with Crippen molar-refractivity contribution < 1.29 is 259 Å². The first-order chi connectivity index (χ1) is 38.1. The van der Waals surface area contributed by atoms with Crippen LogP contribution in [-0.4, -0.2) is 236 Å². The average Bonchev–Trinajstić information content (AvgIpc) is 3.45. The maximum Gasteiger partial charge on any atom is 0.319 e. The first-order valence-corrected chi connectivity index (χ1v) is 33.9. The van der Waals surface area contributed by atoms with Gasteiger partial charge in [0.05, 0.1) is 97.6 Å². The number of aliphatic hydroxyl groups excluding tert-OH is 9. The van der Waals surface area contributed by atoms with Crippen LogP contribution in [0.25, 0.3) is 0 Å². The minimum Gasteiger partial charge on any atom is -0.394 e. The van der Waals surface area contributed by atoms with Gasteiger partial charge in [-0.2, -0.15) is 0 Å². The van der Waals surface area contributed by atoms with Gasteiger partial charge in [-0.3, -0.25) is 22.9 Å². The fourth-order valence-electron chi connectivity index (χ4n) is 7.57. The number of rotatable bonds is 44. The average molecular weight is 1640 g/mol. The second-order valence-electron chi connectivity index (χ2n) is 19.1. The number of hydrogen-bond donors (Lipinski definition) is 9. The van der Waals surface area contributed by atoms with E-state index < -0.39 is 141 Å². The molecule has 2 aliphatic rings. The standard InChI is InChI=1S/C30H62O22P4.C14H32NO2P.C3H8O3.CH4.4Y/c1-20-25(33)27(35)23(16-31)50-29(20)42-10-6-4-8-12-44-54(38)48-18-22(52-56(40)47-15-14-46-53(37)41-3)19-49-55(39)45-13-9-5-7-11-43-30-21(2)26(34)28(36)24(17-32)51-30;1-8-14(9-2)16-10-11-17-18(7)15(12(3)4)13(5)6;4-1-3(6)2-5;;;;;/h20-36,53-56H,4-19H2,1-3H3;12-14H,8-11H2,1-7H3;3-6H,1-2H2;1H4;;;;. The number of unbranched alkanes of at least 4 members (excludes halogenated alkanes) is 4. The van der Waals surface area contributed by atoms with Crippen molar-refractivity contribution in [2.75, 3.05) is 106 Å². The van der Waals surface area contributed by atoms with Gasteiger partial charge in [-0.15, -0.1) is 0 Å². The van der Waals surface area contributed by atoms with Gasteiger partial charge in [-0.1, -0.05) is 35.1 Å². The van der Waals surface area contributed by atoms with Crippen LogP contribution in [0.15, 0.2) is 0 Å². The Labute approximate surface area is 610 Å². The summed E-state index contributed by atoms with van der Waals surface area (Å²) in [6.07, 6.45) is -4.31. The third-order valence-corrected chi connectivity index (χ3v) is 17.7. The molecule has 0 aliphatic carbocycles. The fraction of sp³-hybridized carbons (Fsp3) is 1.00. The largest absolute Gasteiger partial charge is 0.394 e. The van der Waals surface area contributed by atoms with Gasteiger partial charge in [0.1, 0.15) is 44.9 Å². The van der Waals surface area contributed by atoms with Gasteiger partial charge in [0.15, 0.2) is 12.6 Å². The summed E-state index contributed by atoms with van der Waals surface area (Å²) in [5, 5.41) is 82.9. The molecule has 0 spiro atoms. The summed E-state index contributed by atoms with van der Waals surface area (Å²) < 4.78 is 126. The van der Waals surface area contributed by atoms with Crippen molar-refractivity contribution in [3.05, 3.63) is 0 Å². The zero-order valence-electron chi connectivity index (χ0n) is 50.8. The second kappa shape index (κ2) is 63.5. The molecule has 2 fully saturated rings. The quantitative estimate of drug-likeness (QED) is 0.0301. The maximum atomic E-state index is 12.4. The summed E-state index contributed by atoms with van der Waals surface area (Å²) in [4.78, 5) is 0. The Morgan fingerprint density at radius 1 is 0.529 bits per heavy atom. The van der Waals surface area contributed by atoms with E-state index in [1.807, 2.05) is 0 Å². The Morgan fingerprint density at radius 2 is 0.918 bits per heavy atom. The molecule has 2 heterocycles. The topological polar surface area (TPSA) is 383 Å². The first kappa shape index (κ1) is 101. The van der Waals surface area contributed by atoms with Crippen molar-refractivity contribution in [3.8, 4) is 0 Å². The molecule has 37 heteroatoms. The van der Waals surface area contributed by atoms with Crippen molar-refractivity contribution in [2.24, 2.45) is 11.8 Å². The van der Waals surface area contributed by atoms with Crippen LogP contribution in [0.1, 0.15) is 114 Å². The summed E-state index contributed by atoms with van der Waals surface area (Å²) in [5.74, 6) is -1.02. The minimum atomic E-state index is -3.19. The van der Waals surface area contributed by atoms with E-state index in [0.29, 0.717) is 69.9 Å². The Morgan fingerprint density at radius 3 is 1.27 bits per heavy atom. The molecule has 0 amide bonds. The van der Waals surface area contributed by atoms with Crippen LogP contribution in [0.5, 0.6) is 0 Å². The molecule has 502 valence electrons. The predicted molar refractivity (Wildman–Crippen MR) is 305 cm³/mol. The van der Waals surface area contributed by atoms with Crippen LogP contribution in [-0.2, 0) is 213 Å². The SMILES string of the molecule is C.CCC(CC)OCCOP(C)N(C(C)C)C(C)C.CO[PH](=O)OCCO[PH](=O)OC(CO[PH](=O)OCCCCCOC1OC(CO)C(O)C(O)C1C)CO[PH](=O)OCCCCCOC1OC(CO)C(O)C(O)C1C.OCC(O)CO.[Y].[Y].[Y].[Y]. The third kappa shape index (κ3) is 47.4. The Hall–Kier alpha value is 4.81. The summed E-state index contributed by atoms with van der Waals surface area (Å²) in [7, 11) is -11.3. The Kier molecular flexibility index (Phi) is 75.4. The van der Waals surface area contributed by atoms with Crippen LogP contribution in [0, 0.1) is 11.8 Å². The molecule has 9 N–H and O–H groups in total. The molecule has 85 heavy (non-hydrogen) atoms. The van der Waals surface area contributed by atoms with Gasteiger partial charge in [0, 0.05) is 175 Å². The Bertz CT molecular complexity index is 1530. The van der Waals surface area contributed by atoms with Crippen LogP contribution in [0.4, 0.5) is 0 Å². The molecular formula is C48H106NO27P5Y4. The monoisotopic (exact) mass is 1640 g/mol. The smallest absolute Gasteiger partial charge is 0.319 e. The molecule has 0 saturated carbocycles. The Balaban J connectivity index is -0.000000451. The zero-order valence-corrected chi connectivity index (χ0v) is 67.0. The van der Waals surface area contributed by atoms with E-state index in [4.69, 9.17) is 75.2 Å². The molecule has 28 nitrogen and oxygen atoms in total. The summed E-state index contributed by atoms with van der Waals surface area (Å²) in [6, 6.07) is 1.06. The van der Waals surface area contributed by atoms with Crippen molar-refractivity contribution in [1.82, 2.24) is 4.67 Å². The summed E-state index contributed by atoms with van der Waals surface area (Å²) in [6.45, 7) is 17.9. The minimum absolute atomic E-state index is 0. The van der Waals surface area contributed by atoms with E-state index in [1.165, 1.54) is 7.11 Å². The molecular weight excluding hydrogens is 1530 g/mol. The van der Waals surface area contributed by atoms with Gasteiger partial charge in [-0.25, -0.2) is 0 Å². The van der Waals surface area contributed by atoms with Crippen molar-refractivity contribution >= 4 is 41.3 Å². The van der Waals surface area contributed by atoms with Gasteiger partial charge in [0.25, 0.3) is 0 Å². The van der Waals surface area contributed by atoms with Crippen molar-refractivity contribution in [2.45, 2.75) is 194 Å². The number of ether oxygens (including phenoxy) is 5. The van der Waals surface area contributed by atoms with Crippen LogP contribution in [0.3, 0.4) is 0 Å². The van der Waals surface area contributed by atoms with E-state index in [0.717, 1.165) is 12.8 Å². The zero-order chi connectivity index (χ0) is 60.6. The number of nitrogens with zero attached hydrogens (tertiary/aromatic N) is 1. The molecule has 0 aromatic carbocycles. The van der Waals surface area contributed by atoms with Crippen LogP contribution in [0.2, 0.25) is 0 Å². The van der Waals surface area contributed by atoms with Crippen LogP contribution >= 0.6 is 41.3 Å². The molecule has 0 bridgehead atoms. The maximum absolute atomic E-state index is 12.4. The summed E-state index contributed by atoms with van der Waals surface area (Å²) in [5.41, 5.74) is 0. The van der Waals surface area contributed by atoms with Crippen molar-refractivity contribution in [3.63, 3.8) is 0 Å².